The molecule has 0 heterocycles. The minimum atomic E-state index is 0.484. The maximum Gasteiger partial charge on any atom is 0.00818 e. The Bertz CT molecular complexity index is 435. The van der Waals surface area contributed by atoms with Crippen LogP contribution in [0.2, 0.25) is 0 Å². The molecule has 2 rings (SSSR count). The highest BCUT2D eigenvalue weighted by Gasteiger charge is 2.29. The van der Waals surface area contributed by atoms with Crippen molar-refractivity contribution in [2.24, 2.45) is 11.3 Å². The van der Waals surface area contributed by atoms with Gasteiger partial charge in [-0.2, -0.15) is 0 Å². The summed E-state index contributed by atoms with van der Waals surface area (Å²) in [6.07, 6.45) is 6.61. The Kier molecular flexibility index (Phi) is 5.48. The van der Waals surface area contributed by atoms with Crippen LogP contribution in [-0.2, 0) is 6.42 Å². The second-order valence-corrected chi connectivity index (χ2v) is 8.11. The van der Waals surface area contributed by atoms with Gasteiger partial charge in [0, 0.05) is 12.1 Å². The van der Waals surface area contributed by atoms with Crippen LogP contribution in [0.25, 0.3) is 0 Å². The predicted octanol–water partition coefficient (Wildman–Crippen LogP) is 5.12. The molecule has 1 heteroatoms. The van der Waals surface area contributed by atoms with Crippen molar-refractivity contribution in [2.75, 3.05) is 0 Å². The third kappa shape index (κ3) is 4.85. The monoisotopic (exact) mass is 287 g/mol. The molecule has 1 aromatic rings. The second-order valence-electron chi connectivity index (χ2n) is 8.11. The Labute approximate surface area is 131 Å². The van der Waals surface area contributed by atoms with E-state index in [2.05, 4.69) is 64.2 Å². The summed E-state index contributed by atoms with van der Waals surface area (Å²) in [5.74, 6) is 0.905. The predicted molar refractivity (Wildman–Crippen MR) is 92.7 cm³/mol. The fraction of sp³-hybridized carbons (Fsp3) is 0.700. The van der Waals surface area contributed by atoms with Crippen molar-refractivity contribution >= 4 is 0 Å². The van der Waals surface area contributed by atoms with E-state index in [1.807, 2.05) is 0 Å². The molecule has 0 aliphatic heterocycles. The molecular weight excluding hydrogens is 254 g/mol. The van der Waals surface area contributed by atoms with Crippen LogP contribution in [0.5, 0.6) is 0 Å². The van der Waals surface area contributed by atoms with Crippen LogP contribution >= 0.6 is 0 Å². The Morgan fingerprint density at radius 1 is 1.10 bits per heavy atom. The van der Waals surface area contributed by atoms with Gasteiger partial charge in [0.05, 0.1) is 0 Å². The topological polar surface area (TPSA) is 12.0 Å². The summed E-state index contributed by atoms with van der Waals surface area (Å²) in [6, 6.07) is 10.1. The van der Waals surface area contributed by atoms with Gasteiger partial charge in [0.25, 0.3) is 0 Å². The largest absolute Gasteiger partial charge is 0.311 e. The molecule has 1 unspecified atom stereocenters. The third-order valence-corrected chi connectivity index (χ3v) is 5.26. The molecule has 0 aromatic heterocycles. The van der Waals surface area contributed by atoms with Crippen molar-refractivity contribution in [1.29, 1.82) is 0 Å². The summed E-state index contributed by atoms with van der Waals surface area (Å²) in [6.45, 7) is 11.7. The fourth-order valence-electron chi connectivity index (χ4n) is 3.76. The van der Waals surface area contributed by atoms with Crippen LogP contribution in [-0.4, -0.2) is 12.1 Å². The molecule has 1 fully saturated rings. The molecular formula is C20H33N. The summed E-state index contributed by atoms with van der Waals surface area (Å²) >= 11 is 0. The van der Waals surface area contributed by atoms with Gasteiger partial charge in [0.15, 0.2) is 0 Å². The maximum atomic E-state index is 3.87. The lowest BCUT2D eigenvalue weighted by atomic mass is 9.71. The zero-order valence-electron chi connectivity index (χ0n) is 14.6. The van der Waals surface area contributed by atoms with E-state index in [0.717, 1.165) is 18.4 Å². The number of hydrogen-bond donors (Lipinski definition) is 1. The number of aryl methyl sites for hydroxylation is 1. The fourth-order valence-corrected chi connectivity index (χ4v) is 3.76. The molecule has 1 aliphatic carbocycles. The molecule has 118 valence electrons. The van der Waals surface area contributed by atoms with Gasteiger partial charge in [0.1, 0.15) is 0 Å². The van der Waals surface area contributed by atoms with E-state index in [0.29, 0.717) is 11.5 Å². The SMILES string of the molecule is Cc1ccccc1CC(C)NC1CCC(C(C)(C)C)CC1. The smallest absolute Gasteiger partial charge is 0.00818 e. The Hall–Kier alpha value is -0.820. The molecule has 0 saturated heterocycles. The van der Waals surface area contributed by atoms with E-state index in [1.165, 1.54) is 36.8 Å². The number of hydrogen-bond acceptors (Lipinski definition) is 1. The van der Waals surface area contributed by atoms with E-state index in [4.69, 9.17) is 0 Å². The lowest BCUT2D eigenvalue weighted by molar-refractivity contribution is 0.157. The molecule has 1 saturated carbocycles. The Balaban J connectivity index is 1.80. The van der Waals surface area contributed by atoms with E-state index >= 15 is 0 Å². The average Bonchev–Trinajstić information content (AvgIpc) is 2.41. The quantitative estimate of drug-likeness (QED) is 0.810. The van der Waals surface area contributed by atoms with Crippen LogP contribution in [0.3, 0.4) is 0 Å². The lowest BCUT2D eigenvalue weighted by Crippen LogP contribution is -2.41. The van der Waals surface area contributed by atoms with E-state index in [9.17, 15) is 0 Å². The third-order valence-electron chi connectivity index (χ3n) is 5.26. The second kappa shape index (κ2) is 6.96. The van der Waals surface area contributed by atoms with Crippen molar-refractivity contribution in [3.05, 3.63) is 35.4 Å². The summed E-state index contributed by atoms with van der Waals surface area (Å²) in [5.41, 5.74) is 3.39. The molecule has 0 spiro atoms. The number of rotatable bonds is 4. The molecule has 0 amide bonds. The zero-order valence-corrected chi connectivity index (χ0v) is 14.6. The van der Waals surface area contributed by atoms with Crippen LogP contribution in [0.15, 0.2) is 24.3 Å². The molecule has 1 aromatic carbocycles. The molecule has 1 atom stereocenters. The summed E-state index contributed by atoms with van der Waals surface area (Å²) < 4.78 is 0. The first kappa shape index (κ1) is 16.5. The van der Waals surface area contributed by atoms with Gasteiger partial charge < -0.3 is 5.32 Å². The van der Waals surface area contributed by atoms with Gasteiger partial charge in [-0.05, 0) is 68.4 Å². The summed E-state index contributed by atoms with van der Waals surface area (Å²) in [4.78, 5) is 0. The highest BCUT2D eigenvalue weighted by atomic mass is 14.9. The molecule has 1 aliphatic rings. The lowest BCUT2D eigenvalue weighted by Gasteiger charge is -2.38. The van der Waals surface area contributed by atoms with Crippen LogP contribution in [0, 0.1) is 18.3 Å². The normalized spacial score (nSPS) is 24.8. The van der Waals surface area contributed by atoms with Crippen LogP contribution in [0.4, 0.5) is 0 Å². The Morgan fingerprint density at radius 3 is 2.29 bits per heavy atom. The Morgan fingerprint density at radius 2 is 1.71 bits per heavy atom. The highest BCUT2D eigenvalue weighted by Crippen LogP contribution is 2.37. The highest BCUT2D eigenvalue weighted by molar-refractivity contribution is 5.26. The van der Waals surface area contributed by atoms with Gasteiger partial charge in [-0.15, -0.1) is 0 Å². The minimum absolute atomic E-state index is 0.484. The van der Waals surface area contributed by atoms with Crippen molar-refractivity contribution in [2.45, 2.75) is 78.8 Å². The molecule has 1 N–H and O–H groups in total. The van der Waals surface area contributed by atoms with E-state index < -0.39 is 0 Å². The van der Waals surface area contributed by atoms with E-state index in [-0.39, 0.29) is 0 Å². The zero-order chi connectivity index (χ0) is 15.5. The van der Waals surface area contributed by atoms with Gasteiger partial charge in [-0.25, -0.2) is 0 Å². The summed E-state index contributed by atoms with van der Waals surface area (Å²) in [7, 11) is 0. The minimum Gasteiger partial charge on any atom is -0.311 e. The average molecular weight is 287 g/mol. The first-order valence-electron chi connectivity index (χ1n) is 8.67. The van der Waals surface area contributed by atoms with Crippen molar-refractivity contribution in [3.8, 4) is 0 Å². The van der Waals surface area contributed by atoms with E-state index in [1.54, 1.807) is 0 Å². The van der Waals surface area contributed by atoms with Crippen molar-refractivity contribution < 1.29 is 0 Å². The van der Waals surface area contributed by atoms with Crippen molar-refractivity contribution in [1.82, 2.24) is 5.32 Å². The molecule has 1 nitrogen and oxygen atoms in total. The van der Waals surface area contributed by atoms with Gasteiger partial charge in [-0.3, -0.25) is 0 Å². The molecule has 0 bridgehead atoms. The number of benzene rings is 1. The standard InChI is InChI=1S/C20H33N/c1-15-8-6-7-9-17(15)14-16(2)21-19-12-10-18(11-13-19)20(3,4)5/h6-9,16,18-19,21H,10-14H2,1-5H3. The van der Waals surface area contributed by atoms with Crippen LogP contribution < -0.4 is 5.32 Å². The van der Waals surface area contributed by atoms with Gasteiger partial charge >= 0.3 is 0 Å². The maximum absolute atomic E-state index is 3.87. The number of nitrogens with one attached hydrogen (secondary N) is 1. The molecule has 0 radical (unpaired) electrons. The van der Waals surface area contributed by atoms with Crippen molar-refractivity contribution in [3.63, 3.8) is 0 Å². The van der Waals surface area contributed by atoms with Gasteiger partial charge in [-0.1, -0.05) is 45.0 Å². The first-order valence-corrected chi connectivity index (χ1v) is 8.67. The summed E-state index contributed by atoms with van der Waals surface area (Å²) in [5, 5.41) is 3.87. The molecule has 21 heavy (non-hydrogen) atoms. The van der Waals surface area contributed by atoms with Gasteiger partial charge in [0.2, 0.25) is 0 Å². The van der Waals surface area contributed by atoms with Crippen LogP contribution in [0.1, 0.15) is 64.5 Å². The first-order chi connectivity index (χ1) is 9.86.